The molecule has 0 bridgehead atoms. The van der Waals surface area contributed by atoms with E-state index in [0.717, 1.165) is 0 Å². The summed E-state index contributed by atoms with van der Waals surface area (Å²) in [7, 11) is -2.18. The first-order valence-corrected chi connectivity index (χ1v) is 7.65. The largest absolute Gasteiger partial charge is 0.324 e. The maximum atomic E-state index is 13.1. The summed E-state index contributed by atoms with van der Waals surface area (Å²) >= 11 is 0. The molecule has 0 radical (unpaired) electrons. The molecule has 112 valence electrons. The van der Waals surface area contributed by atoms with Gasteiger partial charge in [0, 0.05) is 19.3 Å². The Hall–Kier alpha value is -1.96. The van der Waals surface area contributed by atoms with E-state index < -0.39 is 15.8 Å². The summed E-state index contributed by atoms with van der Waals surface area (Å²) in [6.07, 6.45) is 0. The predicted molar refractivity (Wildman–Crippen MR) is 79.3 cm³/mol. The molecule has 0 fully saturated rings. The van der Waals surface area contributed by atoms with E-state index in [4.69, 9.17) is 5.84 Å². The zero-order chi connectivity index (χ0) is 15.5. The van der Waals surface area contributed by atoms with E-state index in [1.807, 2.05) is 0 Å². The molecule has 0 heterocycles. The van der Waals surface area contributed by atoms with Gasteiger partial charge < -0.3 is 5.43 Å². The van der Waals surface area contributed by atoms with E-state index in [1.165, 1.54) is 35.6 Å². The van der Waals surface area contributed by atoms with Crippen molar-refractivity contribution < 1.29 is 12.8 Å². The Labute approximate surface area is 123 Å². The molecule has 0 aliphatic rings. The summed E-state index contributed by atoms with van der Waals surface area (Å²) in [5.41, 5.74) is 3.63. The number of halogens is 1. The predicted octanol–water partition coefficient (Wildman–Crippen LogP) is 1.93. The highest BCUT2D eigenvalue weighted by Gasteiger charge is 2.20. The minimum atomic E-state index is -3.63. The van der Waals surface area contributed by atoms with Crippen molar-refractivity contribution in [1.29, 1.82) is 0 Å². The zero-order valence-corrected chi connectivity index (χ0v) is 12.3. The lowest BCUT2D eigenvalue weighted by atomic mass is 10.2. The zero-order valence-electron chi connectivity index (χ0n) is 11.5. The summed E-state index contributed by atoms with van der Waals surface area (Å²) < 4.78 is 39.1. The molecular formula is C14H16FN3O2S. The quantitative estimate of drug-likeness (QED) is 0.654. The number of nitrogens with one attached hydrogen (secondary N) is 1. The smallest absolute Gasteiger partial charge is 0.243 e. The van der Waals surface area contributed by atoms with Gasteiger partial charge in [-0.25, -0.2) is 12.8 Å². The highest BCUT2D eigenvalue weighted by molar-refractivity contribution is 7.89. The van der Waals surface area contributed by atoms with Gasteiger partial charge in [-0.15, -0.1) is 0 Å². The van der Waals surface area contributed by atoms with Gasteiger partial charge in [0.15, 0.2) is 0 Å². The summed E-state index contributed by atoms with van der Waals surface area (Å²) in [4.78, 5) is 0.153. The number of anilines is 1. The van der Waals surface area contributed by atoms with E-state index in [0.29, 0.717) is 11.3 Å². The van der Waals surface area contributed by atoms with Gasteiger partial charge in [0.05, 0.1) is 4.90 Å². The molecule has 0 saturated heterocycles. The molecular weight excluding hydrogens is 293 g/mol. The topological polar surface area (TPSA) is 75.4 Å². The normalized spacial score (nSPS) is 11.6. The second-order valence-electron chi connectivity index (χ2n) is 4.56. The van der Waals surface area contributed by atoms with Gasteiger partial charge in [-0.1, -0.05) is 12.1 Å². The van der Waals surface area contributed by atoms with Crippen LogP contribution < -0.4 is 11.3 Å². The Kier molecular flexibility index (Phi) is 4.56. The number of hydrogen-bond acceptors (Lipinski definition) is 4. The van der Waals surface area contributed by atoms with Gasteiger partial charge in [-0.3, -0.25) is 5.84 Å². The first-order valence-electron chi connectivity index (χ1n) is 6.21. The van der Waals surface area contributed by atoms with Crippen molar-refractivity contribution in [3.63, 3.8) is 0 Å². The van der Waals surface area contributed by atoms with Crippen LogP contribution in [-0.4, -0.2) is 19.8 Å². The molecule has 0 saturated carbocycles. The van der Waals surface area contributed by atoms with Crippen LogP contribution in [0.4, 0.5) is 10.1 Å². The van der Waals surface area contributed by atoms with Crippen molar-refractivity contribution >= 4 is 15.7 Å². The molecule has 3 N–H and O–H groups in total. The van der Waals surface area contributed by atoms with E-state index in [9.17, 15) is 12.8 Å². The molecule has 0 atom stereocenters. The summed E-state index contributed by atoms with van der Waals surface area (Å²) in [5, 5.41) is 0. The summed E-state index contributed by atoms with van der Waals surface area (Å²) in [5.74, 6) is 4.85. The second-order valence-corrected chi connectivity index (χ2v) is 6.60. The molecule has 0 aliphatic carbocycles. The van der Waals surface area contributed by atoms with Gasteiger partial charge in [0.25, 0.3) is 0 Å². The van der Waals surface area contributed by atoms with Gasteiger partial charge in [0.1, 0.15) is 5.82 Å². The number of nitrogens with zero attached hydrogens (tertiary/aromatic N) is 1. The van der Waals surface area contributed by atoms with Gasteiger partial charge in [0.2, 0.25) is 10.0 Å². The van der Waals surface area contributed by atoms with Crippen LogP contribution in [0.1, 0.15) is 5.56 Å². The van der Waals surface area contributed by atoms with Crippen LogP contribution in [0, 0.1) is 5.82 Å². The second kappa shape index (κ2) is 6.21. The molecule has 21 heavy (non-hydrogen) atoms. The third-order valence-corrected chi connectivity index (χ3v) is 4.84. The molecule has 2 aromatic carbocycles. The van der Waals surface area contributed by atoms with E-state index in [-0.39, 0.29) is 11.4 Å². The first kappa shape index (κ1) is 15.4. The molecule has 2 rings (SSSR count). The molecule has 7 heteroatoms. The third-order valence-electron chi connectivity index (χ3n) is 3.02. The third kappa shape index (κ3) is 3.57. The SMILES string of the molecule is CN(Cc1cccc(F)c1)S(=O)(=O)c1ccc(NN)cc1. The van der Waals surface area contributed by atoms with Crippen molar-refractivity contribution in [1.82, 2.24) is 4.31 Å². The maximum absolute atomic E-state index is 13.1. The van der Waals surface area contributed by atoms with Crippen LogP contribution in [0.25, 0.3) is 0 Å². The minimum absolute atomic E-state index is 0.0942. The lowest BCUT2D eigenvalue weighted by Crippen LogP contribution is -2.26. The van der Waals surface area contributed by atoms with Crippen LogP contribution in [0.2, 0.25) is 0 Å². The van der Waals surface area contributed by atoms with Crippen molar-refractivity contribution in [2.75, 3.05) is 12.5 Å². The molecule has 0 unspecified atom stereocenters. The Morgan fingerprint density at radius 1 is 1.19 bits per heavy atom. The number of hydrazine groups is 1. The number of rotatable bonds is 5. The van der Waals surface area contributed by atoms with E-state index in [2.05, 4.69) is 5.43 Å². The summed E-state index contributed by atoms with van der Waals surface area (Å²) in [6, 6.07) is 11.9. The van der Waals surface area contributed by atoms with Crippen LogP contribution in [0.3, 0.4) is 0 Å². The maximum Gasteiger partial charge on any atom is 0.243 e. The monoisotopic (exact) mass is 309 g/mol. The van der Waals surface area contributed by atoms with E-state index in [1.54, 1.807) is 24.3 Å². The van der Waals surface area contributed by atoms with Gasteiger partial charge >= 0.3 is 0 Å². The number of hydrogen-bond donors (Lipinski definition) is 2. The van der Waals surface area contributed by atoms with Gasteiger partial charge in [-0.05, 0) is 42.0 Å². The molecule has 0 amide bonds. The number of benzene rings is 2. The molecule has 5 nitrogen and oxygen atoms in total. The average Bonchev–Trinajstić information content (AvgIpc) is 2.47. The fraction of sp³-hybridized carbons (Fsp3) is 0.143. The Balaban J connectivity index is 2.21. The lowest BCUT2D eigenvalue weighted by molar-refractivity contribution is 0.465. The summed E-state index contributed by atoms with van der Waals surface area (Å²) in [6.45, 7) is 0.0942. The Morgan fingerprint density at radius 2 is 1.86 bits per heavy atom. The van der Waals surface area contributed by atoms with Crippen molar-refractivity contribution in [2.24, 2.45) is 5.84 Å². The van der Waals surface area contributed by atoms with Crippen LogP contribution >= 0.6 is 0 Å². The van der Waals surface area contributed by atoms with Crippen LogP contribution in [-0.2, 0) is 16.6 Å². The molecule has 2 aromatic rings. The van der Waals surface area contributed by atoms with Crippen molar-refractivity contribution in [3.8, 4) is 0 Å². The first-order chi connectivity index (χ1) is 9.93. The Morgan fingerprint density at radius 3 is 2.43 bits per heavy atom. The van der Waals surface area contributed by atoms with Crippen LogP contribution in [0.5, 0.6) is 0 Å². The Bertz CT molecular complexity index is 717. The van der Waals surface area contributed by atoms with Gasteiger partial charge in [-0.2, -0.15) is 4.31 Å². The number of sulfonamides is 1. The minimum Gasteiger partial charge on any atom is -0.324 e. The van der Waals surface area contributed by atoms with E-state index >= 15 is 0 Å². The lowest BCUT2D eigenvalue weighted by Gasteiger charge is -2.17. The van der Waals surface area contributed by atoms with Crippen molar-refractivity contribution in [3.05, 3.63) is 59.9 Å². The fourth-order valence-electron chi connectivity index (χ4n) is 1.88. The number of nitrogen functional groups attached to an aromatic ring is 1. The average molecular weight is 309 g/mol. The molecule has 0 aliphatic heterocycles. The van der Waals surface area contributed by atoms with Crippen molar-refractivity contribution in [2.45, 2.75) is 11.4 Å². The highest BCUT2D eigenvalue weighted by atomic mass is 32.2. The molecule has 0 aromatic heterocycles. The fourth-order valence-corrected chi connectivity index (χ4v) is 3.04. The number of nitrogens with two attached hydrogens (primary N) is 1. The molecule has 0 spiro atoms. The van der Waals surface area contributed by atoms with Crippen LogP contribution in [0.15, 0.2) is 53.4 Å². The standard InChI is InChI=1S/C14H16FN3O2S/c1-18(10-11-3-2-4-12(15)9-11)21(19,20)14-7-5-13(17-16)6-8-14/h2-9,17H,10,16H2,1H3. The highest BCUT2D eigenvalue weighted by Crippen LogP contribution is 2.19.